The van der Waals surface area contributed by atoms with E-state index in [0.717, 1.165) is 23.1 Å². The van der Waals surface area contributed by atoms with Crippen molar-refractivity contribution in [2.24, 2.45) is 11.7 Å². The third kappa shape index (κ3) is 8.05. The predicted molar refractivity (Wildman–Crippen MR) is 147 cm³/mol. The summed E-state index contributed by atoms with van der Waals surface area (Å²) in [6, 6.07) is 17.4. The first-order valence-corrected chi connectivity index (χ1v) is 12.7. The highest BCUT2D eigenvalue weighted by Gasteiger charge is 2.39. The lowest BCUT2D eigenvalue weighted by Gasteiger charge is -2.30. The van der Waals surface area contributed by atoms with E-state index in [9.17, 15) is 27.6 Å². The van der Waals surface area contributed by atoms with E-state index in [1.165, 1.54) is 13.2 Å². The van der Waals surface area contributed by atoms with E-state index in [1.54, 1.807) is 41.4 Å². The molecule has 13 heteroatoms. The Balaban J connectivity index is 0.000000616. The Morgan fingerprint density at radius 1 is 1.10 bits per heavy atom. The number of carboxylic acid groups (broad SMARTS) is 1. The zero-order valence-electron chi connectivity index (χ0n) is 22.5. The molecule has 0 spiro atoms. The standard InChI is InChI=1S/C27H28N4O4.C2HF3O2/c1-35-27(34)22(15-17-4-2-5-20(14-17)25(28)29)23-6-3-13-31(23)26(33)19-9-7-18(8-10-19)21-11-12-24(32)30-16-21;3-2(4,5)1(6)7/h2,4-5,7-12,14,16,22-23H,3,6,13,15H2,1H3,(H3,28,29)(H,30,32);(H,6,7)/t22-,23-;/m1./s1. The predicted octanol–water partition coefficient (Wildman–Crippen LogP) is 3.60. The zero-order valence-corrected chi connectivity index (χ0v) is 22.5. The first kappa shape index (κ1) is 31.6. The van der Waals surface area contributed by atoms with Gasteiger partial charge in [0.2, 0.25) is 5.56 Å². The van der Waals surface area contributed by atoms with Gasteiger partial charge in [0.15, 0.2) is 0 Å². The average molecular weight is 587 g/mol. The molecule has 2 heterocycles. The van der Waals surface area contributed by atoms with Crippen molar-refractivity contribution in [1.29, 1.82) is 5.41 Å². The summed E-state index contributed by atoms with van der Waals surface area (Å²) in [4.78, 5) is 50.9. The highest BCUT2D eigenvalue weighted by Crippen LogP contribution is 2.30. The summed E-state index contributed by atoms with van der Waals surface area (Å²) >= 11 is 0. The third-order valence-corrected chi connectivity index (χ3v) is 6.71. The number of likely N-dealkylation sites (tertiary alicyclic amines) is 1. The number of aromatic nitrogens is 1. The summed E-state index contributed by atoms with van der Waals surface area (Å²) in [5.41, 5.74) is 9.17. The number of benzene rings is 2. The van der Waals surface area contributed by atoms with Crippen molar-refractivity contribution in [3.63, 3.8) is 0 Å². The Kier molecular flexibility index (Phi) is 10.2. The van der Waals surface area contributed by atoms with Gasteiger partial charge in [0.25, 0.3) is 5.91 Å². The van der Waals surface area contributed by atoms with Gasteiger partial charge in [-0.1, -0.05) is 30.3 Å². The van der Waals surface area contributed by atoms with E-state index < -0.39 is 18.1 Å². The topological polar surface area (TPSA) is 167 Å². The van der Waals surface area contributed by atoms with Gasteiger partial charge in [-0.15, -0.1) is 0 Å². The number of pyridine rings is 1. The number of nitrogen functional groups attached to an aromatic ring is 1. The van der Waals surface area contributed by atoms with Gasteiger partial charge >= 0.3 is 18.1 Å². The molecule has 1 aliphatic rings. The number of rotatable bonds is 7. The molecule has 5 N–H and O–H groups in total. The second-order valence-electron chi connectivity index (χ2n) is 9.48. The van der Waals surface area contributed by atoms with Crippen molar-refractivity contribution in [3.05, 3.63) is 93.9 Å². The Hall–Kier alpha value is -4.94. The number of hydrogen-bond donors (Lipinski definition) is 4. The van der Waals surface area contributed by atoms with Crippen molar-refractivity contribution >= 4 is 23.7 Å². The number of halogens is 3. The quantitative estimate of drug-likeness (QED) is 0.186. The van der Waals surface area contributed by atoms with Crippen LogP contribution in [0.2, 0.25) is 0 Å². The Morgan fingerprint density at radius 2 is 1.74 bits per heavy atom. The van der Waals surface area contributed by atoms with Crippen LogP contribution in [0, 0.1) is 11.3 Å². The number of ether oxygens (including phenoxy) is 1. The van der Waals surface area contributed by atoms with Crippen molar-refractivity contribution in [2.75, 3.05) is 13.7 Å². The SMILES string of the molecule is COC(=O)[C@H](Cc1cccc(C(=N)N)c1)[C@H]1CCCN1C(=O)c1ccc(-c2ccc(=O)[nH]c2)cc1.O=C(O)C(F)(F)F. The van der Waals surface area contributed by atoms with Crippen LogP contribution in [0.25, 0.3) is 11.1 Å². The van der Waals surface area contributed by atoms with Crippen molar-refractivity contribution < 1.29 is 37.4 Å². The molecule has 1 aromatic heterocycles. The minimum atomic E-state index is -5.08. The lowest BCUT2D eigenvalue weighted by atomic mass is 9.89. The fourth-order valence-electron chi connectivity index (χ4n) is 4.67. The highest BCUT2D eigenvalue weighted by molar-refractivity contribution is 5.96. The number of aliphatic carboxylic acids is 1. The van der Waals surface area contributed by atoms with E-state index in [1.807, 2.05) is 24.3 Å². The Labute approximate surface area is 238 Å². The molecule has 2 atom stereocenters. The van der Waals surface area contributed by atoms with Gasteiger partial charge in [-0.2, -0.15) is 13.2 Å². The summed E-state index contributed by atoms with van der Waals surface area (Å²) in [7, 11) is 1.36. The number of H-pyrrole nitrogens is 1. The number of alkyl halides is 3. The lowest BCUT2D eigenvalue weighted by molar-refractivity contribution is -0.192. The molecule has 0 saturated carbocycles. The maximum atomic E-state index is 13.4. The van der Waals surface area contributed by atoms with Gasteiger partial charge in [0, 0.05) is 36.0 Å². The van der Waals surface area contributed by atoms with Crippen LogP contribution in [-0.2, 0) is 20.7 Å². The van der Waals surface area contributed by atoms with Crippen LogP contribution < -0.4 is 11.3 Å². The number of carbonyl (C=O) groups excluding carboxylic acids is 2. The van der Waals surface area contributed by atoms with Crippen LogP contribution >= 0.6 is 0 Å². The van der Waals surface area contributed by atoms with Gasteiger partial charge in [-0.05, 0) is 60.2 Å². The number of hydrogen-bond acceptors (Lipinski definition) is 6. The average Bonchev–Trinajstić information content (AvgIpc) is 3.45. The number of nitrogens with one attached hydrogen (secondary N) is 2. The number of carboxylic acids is 1. The van der Waals surface area contributed by atoms with Crippen LogP contribution in [0.5, 0.6) is 0 Å². The molecule has 2 aromatic carbocycles. The fourth-order valence-corrected chi connectivity index (χ4v) is 4.67. The largest absolute Gasteiger partial charge is 0.490 e. The number of amides is 1. The second kappa shape index (κ2) is 13.6. The first-order valence-electron chi connectivity index (χ1n) is 12.7. The second-order valence-corrected chi connectivity index (χ2v) is 9.48. The molecule has 1 amide bonds. The van der Waals surface area contributed by atoms with Gasteiger partial charge < -0.3 is 25.5 Å². The van der Waals surface area contributed by atoms with Crippen LogP contribution in [-0.4, -0.2) is 64.5 Å². The molecule has 222 valence electrons. The van der Waals surface area contributed by atoms with Gasteiger partial charge in [-0.3, -0.25) is 19.8 Å². The third-order valence-electron chi connectivity index (χ3n) is 6.71. The smallest absolute Gasteiger partial charge is 0.475 e. The summed E-state index contributed by atoms with van der Waals surface area (Å²) < 4.78 is 36.8. The van der Waals surface area contributed by atoms with Crippen molar-refractivity contribution in [3.8, 4) is 11.1 Å². The molecule has 10 nitrogen and oxygen atoms in total. The van der Waals surface area contributed by atoms with E-state index in [0.29, 0.717) is 30.5 Å². The number of methoxy groups -OCH3 is 1. The number of esters is 1. The van der Waals surface area contributed by atoms with E-state index >= 15 is 0 Å². The van der Waals surface area contributed by atoms with Gasteiger partial charge in [0.1, 0.15) is 5.84 Å². The minimum absolute atomic E-state index is 0.0375. The normalized spacial score (nSPS) is 15.2. The van der Waals surface area contributed by atoms with E-state index in [-0.39, 0.29) is 29.3 Å². The lowest BCUT2D eigenvalue weighted by Crippen LogP contribution is -2.44. The molecule has 1 fully saturated rings. The molecule has 0 aliphatic carbocycles. The molecule has 42 heavy (non-hydrogen) atoms. The number of nitrogens with two attached hydrogens (primary N) is 1. The zero-order chi connectivity index (χ0) is 31.0. The Bertz CT molecular complexity index is 1480. The monoisotopic (exact) mass is 586 g/mol. The molecule has 1 saturated heterocycles. The molecule has 4 rings (SSSR count). The van der Waals surface area contributed by atoms with E-state index in [2.05, 4.69) is 4.98 Å². The molecule has 1 aliphatic heterocycles. The summed E-state index contributed by atoms with van der Waals surface area (Å²) in [6.07, 6.45) is -1.56. The molecule has 0 bridgehead atoms. The van der Waals surface area contributed by atoms with Crippen LogP contribution in [0.3, 0.4) is 0 Å². The molecular formula is C29H29F3N4O6. The fraction of sp³-hybridized carbons (Fsp3) is 0.276. The van der Waals surface area contributed by atoms with Crippen molar-refractivity contribution in [2.45, 2.75) is 31.5 Å². The maximum absolute atomic E-state index is 13.4. The number of amidine groups is 1. The molecular weight excluding hydrogens is 557 g/mol. The van der Waals surface area contributed by atoms with Gasteiger partial charge in [0.05, 0.1) is 13.0 Å². The summed E-state index contributed by atoms with van der Waals surface area (Å²) in [5.74, 6) is -3.82. The molecule has 0 unspecified atom stereocenters. The van der Waals surface area contributed by atoms with Crippen LogP contribution in [0.1, 0.15) is 34.3 Å². The first-order chi connectivity index (χ1) is 19.8. The van der Waals surface area contributed by atoms with Crippen LogP contribution in [0.15, 0.2) is 71.7 Å². The maximum Gasteiger partial charge on any atom is 0.490 e. The minimum Gasteiger partial charge on any atom is -0.475 e. The van der Waals surface area contributed by atoms with Gasteiger partial charge in [-0.25, -0.2) is 4.79 Å². The van der Waals surface area contributed by atoms with Crippen LogP contribution in [0.4, 0.5) is 13.2 Å². The summed E-state index contributed by atoms with van der Waals surface area (Å²) in [6.45, 7) is 0.562. The molecule has 3 aromatic rings. The number of nitrogens with zero attached hydrogens (tertiary/aromatic N) is 1. The highest BCUT2D eigenvalue weighted by atomic mass is 19.4. The molecule has 0 radical (unpaired) electrons. The summed E-state index contributed by atoms with van der Waals surface area (Å²) in [5, 5.41) is 14.8. The number of carbonyl (C=O) groups is 3. The van der Waals surface area contributed by atoms with Crippen molar-refractivity contribution in [1.82, 2.24) is 9.88 Å². The number of aromatic amines is 1. The van der Waals surface area contributed by atoms with E-state index in [4.69, 9.17) is 25.8 Å². The Morgan fingerprint density at radius 3 is 2.29 bits per heavy atom.